The number of benzene rings is 1. The minimum absolute atomic E-state index is 0.261. The van der Waals surface area contributed by atoms with Gasteiger partial charge in [-0.15, -0.1) is 0 Å². The third-order valence-corrected chi connectivity index (χ3v) is 2.40. The van der Waals surface area contributed by atoms with Gasteiger partial charge in [-0.3, -0.25) is 4.68 Å². The molecule has 0 saturated heterocycles. The molecule has 2 rings (SSSR count). The Morgan fingerprint density at radius 3 is 2.82 bits per heavy atom. The van der Waals surface area contributed by atoms with Gasteiger partial charge < -0.3 is 10.4 Å². The molecule has 2 N–H and O–H groups in total. The van der Waals surface area contributed by atoms with Gasteiger partial charge in [0.15, 0.2) is 0 Å². The highest BCUT2D eigenvalue weighted by atomic mass is 16.4. The van der Waals surface area contributed by atoms with Gasteiger partial charge in [0.05, 0.1) is 16.9 Å². The number of hydrogen-bond donors (Lipinski definition) is 2. The second kappa shape index (κ2) is 4.29. The number of nitrogens with one attached hydrogen (secondary N) is 1. The van der Waals surface area contributed by atoms with E-state index in [2.05, 4.69) is 10.4 Å². The van der Waals surface area contributed by atoms with Gasteiger partial charge in [-0.05, 0) is 25.1 Å². The van der Waals surface area contributed by atoms with E-state index >= 15 is 0 Å². The molecule has 88 valence electrons. The molecule has 0 aliphatic rings. The van der Waals surface area contributed by atoms with Crippen LogP contribution >= 0.6 is 0 Å². The molecule has 17 heavy (non-hydrogen) atoms. The van der Waals surface area contributed by atoms with E-state index in [0.717, 1.165) is 17.1 Å². The van der Waals surface area contributed by atoms with Crippen LogP contribution in [0.2, 0.25) is 0 Å². The van der Waals surface area contributed by atoms with Gasteiger partial charge in [-0.2, -0.15) is 5.10 Å². The zero-order chi connectivity index (χ0) is 12.4. The van der Waals surface area contributed by atoms with Crippen molar-refractivity contribution in [3.63, 3.8) is 0 Å². The highest BCUT2D eigenvalue weighted by molar-refractivity contribution is 5.89. The molecule has 0 atom stereocenters. The molecule has 0 aliphatic carbocycles. The molecule has 1 aromatic carbocycles. The SMILES string of the molecule is Cc1nn(C)cc1Nc1cccc(C(=O)O)c1. The summed E-state index contributed by atoms with van der Waals surface area (Å²) in [5.74, 6) is -0.934. The highest BCUT2D eigenvalue weighted by Gasteiger charge is 2.06. The number of carboxylic acids is 1. The van der Waals surface area contributed by atoms with E-state index in [1.807, 2.05) is 26.2 Å². The Bertz CT molecular complexity index is 561. The van der Waals surface area contributed by atoms with Gasteiger partial charge in [0.25, 0.3) is 0 Å². The van der Waals surface area contributed by atoms with Gasteiger partial charge in [-0.1, -0.05) is 6.07 Å². The fraction of sp³-hybridized carbons (Fsp3) is 0.167. The predicted molar refractivity (Wildman–Crippen MR) is 64.6 cm³/mol. The van der Waals surface area contributed by atoms with Gasteiger partial charge >= 0.3 is 5.97 Å². The lowest BCUT2D eigenvalue weighted by Crippen LogP contribution is -1.97. The van der Waals surface area contributed by atoms with Crippen LogP contribution in [0.15, 0.2) is 30.5 Å². The number of nitrogens with zero attached hydrogens (tertiary/aromatic N) is 2. The van der Waals surface area contributed by atoms with E-state index in [-0.39, 0.29) is 5.56 Å². The van der Waals surface area contributed by atoms with Crippen LogP contribution in [0.4, 0.5) is 11.4 Å². The Balaban J connectivity index is 2.27. The van der Waals surface area contributed by atoms with Crippen LogP contribution in [-0.2, 0) is 7.05 Å². The average Bonchev–Trinajstić information content (AvgIpc) is 2.58. The minimum Gasteiger partial charge on any atom is -0.478 e. The number of aryl methyl sites for hydroxylation is 2. The third-order valence-electron chi connectivity index (χ3n) is 2.40. The van der Waals surface area contributed by atoms with E-state index in [1.165, 1.54) is 0 Å². The lowest BCUT2D eigenvalue weighted by molar-refractivity contribution is 0.0697. The molecular weight excluding hydrogens is 218 g/mol. The predicted octanol–water partition coefficient (Wildman–Crippen LogP) is 2.17. The number of hydrogen-bond acceptors (Lipinski definition) is 3. The number of carboxylic acid groups (broad SMARTS) is 1. The van der Waals surface area contributed by atoms with Crippen molar-refractivity contribution in [2.24, 2.45) is 7.05 Å². The third kappa shape index (κ3) is 2.44. The highest BCUT2D eigenvalue weighted by Crippen LogP contribution is 2.19. The van der Waals surface area contributed by atoms with Crippen molar-refractivity contribution in [1.82, 2.24) is 9.78 Å². The van der Waals surface area contributed by atoms with Crippen LogP contribution in [-0.4, -0.2) is 20.9 Å². The Labute approximate surface area is 98.7 Å². The fourth-order valence-electron chi connectivity index (χ4n) is 1.61. The first-order valence-electron chi connectivity index (χ1n) is 5.17. The molecule has 0 bridgehead atoms. The lowest BCUT2D eigenvalue weighted by Gasteiger charge is -2.05. The average molecular weight is 231 g/mol. The standard InChI is InChI=1S/C12H13N3O2/c1-8-11(7-15(2)14-8)13-10-5-3-4-9(6-10)12(16)17/h3-7,13H,1-2H3,(H,16,17). The van der Waals surface area contributed by atoms with Crippen molar-refractivity contribution in [3.05, 3.63) is 41.7 Å². The molecule has 2 aromatic rings. The molecule has 0 aliphatic heterocycles. The smallest absolute Gasteiger partial charge is 0.335 e. The van der Waals surface area contributed by atoms with Gasteiger partial charge in [0, 0.05) is 18.9 Å². The molecule has 1 heterocycles. The molecule has 1 aromatic heterocycles. The number of aromatic carboxylic acids is 1. The number of carbonyl (C=O) groups is 1. The van der Waals surface area contributed by atoms with Crippen LogP contribution in [0.25, 0.3) is 0 Å². The molecule has 0 saturated carbocycles. The van der Waals surface area contributed by atoms with Crippen LogP contribution in [0.5, 0.6) is 0 Å². The molecular formula is C12H13N3O2. The topological polar surface area (TPSA) is 67.2 Å². The molecule has 0 spiro atoms. The molecule has 0 fully saturated rings. The molecule has 0 amide bonds. The number of rotatable bonds is 3. The van der Waals surface area contributed by atoms with E-state index < -0.39 is 5.97 Å². The van der Waals surface area contributed by atoms with Crippen molar-refractivity contribution in [2.45, 2.75) is 6.92 Å². The summed E-state index contributed by atoms with van der Waals surface area (Å²) in [6.07, 6.45) is 1.85. The molecule has 5 heteroatoms. The van der Waals surface area contributed by atoms with E-state index in [9.17, 15) is 4.79 Å². The van der Waals surface area contributed by atoms with Gasteiger partial charge in [0.2, 0.25) is 0 Å². The van der Waals surface area contributed by atoms with Crippen LogP contribution in [0.1, 0.15) is 16.1 Å². The summed E-state index contributed by atoms with van der Waals surface area (Å²) in [4.78, 5) is 10.8. The summed E-state index contributed by atoms with van der Waals surface area (Å²) in [5.41, 5.74) is 2.74. The molecule has 0 radical (unpaired) electrons. The van der Waals surface area contributed by atoms with Crippen molar-refractivity contribution in [1.29, 1.82) is 0 Å². The number of anilines is 2. The van der Waals surface area contributed by atoms with Gasteiger partial charge in [-0.25, -0.2) is 4.79 Å². The van der Waals surface area contributed by atoms with E-state index in [4.69, 9.17) is 5.11 Å². The summed E-state index contributed by atoms with van der Waals surface area (Å²) < 4.78 is 1.71. The summed E-state index contributed by atoms with van der Waals surface area (Å²) in [7, 11) is 1.84. The summed E-state index contributed by atoms with van der Waals surface area (Å²) in [5, 5.41) is 16.2. The number of aromatic nitrogens is 2. The van der Waals surface area contributed by atoms with E-state index in [0.29, 0.717) is 0 Å². The quantitative estimate of drug-likeness (QED) is 0.849. The summed E-state index contributed by atoms with van der Waals surface area (Å²) in [6.45, 7) is 1.89. The summed E-state index contributed by atoms with van der Waals surface area (Å²) in [6, 6.07) is 6.68. The maximum absolute atomic E-state index is 10.8. The van der Waals surface area contributed by atoms with Crippen molar-refractivity contribution in [2.75, 3.05) is 5.32 Å². The van der Waals surface area contributed by atoms with Gasteiger partial charge in [0.1, 0.15) is 0 Å². The van der Waals surface area contributed by atoms with Crippen molar-refractivity contribution < 1.29 is 9.90 Å². The maximum Gasteiger partial charge on any atom is 0.335 e. The Kier molecular flexibility index (Phi) is 2.82. The van der Waals surface area contributed by atoms with E-state index in [1.54, 1.807) is 22.9 Å². The first-order chi connectivity index (χ1) is 8.06. The first kappa shape index (κ1) is 11.2. The van der Waals surface area contributed by atoms with Crippen LogP contribution in [0.3, 0.4) is 0 Å². The Hall–Kier alpha value is -2.30. The molecule has 5 nitrogen and oxygen atoms in total. The first-order valence-corrected chi connectivity index (χ1v) is 5.17. The Morgan fingerprint density at radius 2 is 2.24 bits per heavy atom. The second-order valence-electron chi connectivity index (χ2n) is 3.81. The lowest BCUT2D eigenvalue weighted by atomic mass is 10.2. The monoisotopic (exact) mass is 231 g/mol. The largest absolute Gasteiger partial charge is 0.478 e. The fourth-order valence-corrected chi connectivity index (χ4v) is 1.61. The van der Waals surface area contributed by atoms with Crippen molar-refractivity contribution >= 4 is 17.3 Å². The zero-order valence-corrected chi connectivity index (χ0v) is 9.64. The van der Waals surface area contributed by atoms with Crippen LogP contribution < -0.4 is 5.32 Å². The zero-order valence-electron chi connectivity index (χ0n) is 9.64. The normalized spacial score (nSPS) is 10.2. The maximum atomic E-state index is 10.8. The minimum atomic E-state index is -0.934. The van der Waals surface area contributed by atoms with Crippen LogP contribution in [0, 0.1) is 6.92 Å². The molecule has 0 unspecified atom stereocenters. The van der Waals surface area contributed by atoms with Crippen molar-refractivity contribution in [3.8, 4) is 0 Å². The Morgan fingerprint density at radius 1 is 1.47 bits per heavy atom. The second-order valence-corrected chi connectivity index (χ2v) is 3.81. The summed E-state index contributed by atoms with van der Waals surface area (Å²) >= 11 is 0.